The minimum atomic E-state index is -0.195. The normalized spacial score (nSPS) is 10.4. The molecule has 2 aromatic rings. The van der Waals surface area contributed by atoms with Crippen molar-refractivity contribution in [1.82, 2.24) is 9.97 Å². The smallest absolute Gasteiger partial charge is 0.266 e. The predicted molar refractivity (Wildman–Crippen MR) is 68.1 cm³/mol. The van der Waals surface area contributed by atoms with Gasteiger partial charge in [0.2, 0.25) is 0 Å². The number of hydrogen-bond donors (Lipinski definition) is 1. The van der Waals surface area contributed by atoms with Gasteiger partial charge < -0.3 is 4.98 Å². The van der Waals surface area contributed by atoms with E-state index >= 15 is 0 Å². The molecule has 0 aliphatic heterocycles. The highest BCUT2D eigenvalue weighted by Crippen LogP contribution is 2.30. The van der Waals surface area contributed by atoms with E-state index in [4.69, 9.17) is 11.6 Å². The molecular formula is C10H6BrClN2OS. The second kappa shape index (κ2) is 5.03. The Bertz CT molecular complexity index is 573. The maximum absolute atomic E-state index is 11.3. The number of H-pyrrole nitrogens is 1. The molecule has 0 atom stereocenters. The lowest BCUT2D eigenvalue weighted by atomic mass is 10.4. The molecule has 0 bridgehead atoms. The van der Waals surface area contributed by atoms with E-state index in [9.17, 15) is 4.79 Å². The summed E-state index contributed by atoms with van der Waals surface area (Å²) in [6.45, 7) is 0. The number of benzene rings is 1. The number of nitrogens with zero attached hydrogens (tertiary/aromatic N) is 1. The number of nitrogens with one attached hydrogen (secondary N) is 1. The van der Waals surface area contributed by atoms with Crippen LogP contribution in [0.2, 0.25) is 5.02 Å². The summed E-state index contributed by atoms with van der Waals surface area (Å²) in [5.41, 5.74) is -0.195. The molecule has 0 fully saturated rings. The van der Waals surface area contributed by atoms with Crippen LogP contribution in [0.1, 0.15) is 0 Å². The maximum Gasteiger partial charge on any atom is 0.266 e. The minimum Gasteiger partial charge on any atom is -0.312 e. The fourth-order valence-electron chi connectivity index (χ4n) is 1.08. The molecule has 1 aromatic heterocycles. The van der Waals surface area contributed by atoms with E-state index in [0.29, 0.717) is 14.5 Å². The molecule has 0 amide bonds. The van der Waals surface area contributed by atoms with Gasteiger partial charge in [0.25, 0.3) is 5.56 Å². The van der Waals surface area contributed by atoms with E-state index in [1.807, 2.05) is 18.2 Å². The predicted octanol–water partition coefficient (Wildman–Crippen LogP) is 3.34. The van der Waals surface area contributed by atoms with E-state index in [-0.39, 0.29) is 5.56 Å². The molecule has 3 nitrogen and oxygen atoms in total. The number of aromatic nitrogens is 2. The van der Waals surface area contributed by atoms with Crippen molar-refractivity contribution in [1.29, 1.82) is 0 Å². The van der Waals surface area contributed by atoms with Gasteiger partial charge in [0.05, 0.1) is 6.33 Å². The van der Waals surface area contributed by atoms with E-state index < -0.39 is 0 Å². The summed E-state index contributed by atoms with van der Waals surface area (Å²) in [5.74, 6) is 0. The quantitative estimate of drug-likeness (QED) is 0.864. The van der Waals surface area contributed by atoms with Gasteiger partial charge in [0, 0.05) is 9.92 Å². The summed E-state index contributed by atoms with van der Waals surface area (Å²) in [4.78, 5) is 18.8. The Balaban J connectivity index is 2.34. The molecule has 0 spiro atoms. The van der Waals surface area contributed by atoms with Crippen LogP contribution in [-0.4, -0.2) is 9.97 Å². The Kier molecular flexibility index (Phi) is 3.68. The van der Waals surface area contributed by atoms with E-state index in [1.54, 1.807) is 6.07 Å². The first-order chi connectivity index (χ1) is 7.66. The largest absolute Gasteiger partial charge is 0.312 e. The van der Waals surface area contributed by atoms with Gasteiger partial charge in [-0.1, -0.05) is 29.4 Å². The van der Waals surface area contributed by atoms with Crippen LogP contribution in [0.3, 0.4) is 0 Å². The third kappa shape index (κ3) is 2.66. The SMILES string of the molecule is O=c1[nH]cnc(Sc2cccc(Cl)c2)c1Br. The molecule has 0 unspecified atom stereocenters. The van der Waals surface area contributed by atoms with Gasteiger partial charge in [-0.25, -0.2) is 4.98 Å². The number of aromatic amines is 1. The van der Waals surface area contributed by atoms with Gasteiger partial charge in [0.1, 0.15) is 9.50 Å². The van der Waals surface area contributed by atoms with Crippen LogP contribution in [0.4, 0.5) is 0 Å². The average Bonchev–Trinajstić information content (AvgIpc) is 2.25. The van der Waals surface area contributed by atoms with Gasteiger partial charge in [-0.3, -0.25) is 4.79 Å². The van der Waals surface area contributed by atoms with Crippen molar-refractivity contribution in [2.45, 2.75) is 9.92 Å². The molecular weight excluding hydrogens is 312 g/mol. The Morgan fingerprint density at radius 1 is 1.44 bits per heavy atom. The first-order valence-corrected chi connectivity index (χ1v) is 6.32. The summed E-state index contributed by atoms with van der Waals surface area (Å²) in [6, 6.07) is 7.38. The highest BCUT2D eigenvalue weighted by Gasteiger charge is 2.07. The van der Waals surface area contributed by atoms with Gasteiger partial charge >= 0.3 is 0 Å². The van der Waals surface area contributed by atoms with Gasteiger partial charge in [-0.15, -0.1) is 0 Å². The van der Waals surface area contributed by atoms with Crippen LogP contribution in [0.25, 0.3) is 0 Å². The van der Waals surface area contributed by atoms with Crippen LogP contribution in [-0.2, 0) is 0 Å². The summed E-state index contributed by atoms with van der Waals surface area (Å²) >= 11 is 10.4. The van der Waals surface area contributed by atoms with Crippen molar-refractivity contribution in [2.75, 3.05) is 0 Å². The molecule has 1 aromatic carbocycles. The van der Waals surface area contributed by atoms with Crippen molar-refractivity contribution >= 4 is 39.3 Å². The highest BCUT2D eigenvalue weighted by atomic mass is 79.9. The second-order valence-corrected chi connectivity index (χ2v) is 5.20. The Morgan fingerprint density at radius 2 is 2.25 bits per heavy atom. The number of hydrogen-bond acceptors (Lipinski definition) is 3. The second-order valence-electron chi connectivity index (χ2n) is 2.91. The Labute approximate surface area is 109 Å². The third-order valence-electron chi connectivity index (χ3n) is 1.78. The molecule has 0 radical (unpaired) electrons. The van der Waals surface area contributed by atoms with Crippen LogP contribution >= 0.6 is 39.3 Å². The van der Waals surface area contributed by atoms with Crippen LogP contribution in [0, 0.1) is 0 Å². The molecule has 0 aliphatic rings. The zero-order chi connectivity index (χ0) is 11.5. The maximum atomic E-state index is 11.3. The summed E-state index contributed by atoms with van der Waals surface area (Å²) in [6.07, 6.45) is 1.37. The zero-order valence-corrected chi connectivity index (χ0v) is 11.1. The molecule has 0 saturated carbocycles. The van der Waals surface area contributed by atoms with E-state index in [1.165, 1.54) is 18.1 Å². The van der Waals surface area contributed by atoms with Crippen molar-refractivity contribution < 1.29 is 0 Å². The Morgan fingerprint density at radius 3 is 3.00 bits per heavy atom. The first-order valence-electron chi connectivity index (χ1n) is 4.33. The Hall–Kier alpha value is -0.780. The third-order valence-corrected chi connectivity index (χ3v) is 4.00. The van der Waals surface area contributed by atoms with Crippen LogP contribution in [0.5, 0.6) is 0 Å². The summed E-state index contributed by atoms with van der Waals surface area (Å²) in [5, 5.41) is 1.27. The molecule has 2 rings (SSSR count). The van der Waals surface area contributed by atoms with E-state index in [0.717, 1.165) is 4.90 Å². The molecule has 82 valence electrons. The molecule has 0 saturated heterocycles. The molecule has 0 aliphatic carbocycles. The van der Waals surface area contributed by atoms with Crippen LogP contribution in [0.15, 0.2) is 49.8 Å². The number of halogens is 2. The monoisotopic (exact) mass is 316 g/mol. The summed E-state index contributed by atoms with van der Waals surface area (Å²) < 4.78 is 0.431. The minimum absolute atomic E-state index is 0.195. The van der Waals surface area contributed by atoms with Crippen molar-refractivity contribution in [3.63, 3.8) is 0 Å². The number of rotatable bonds is 2. The average molecular weight is 318 g/mol. The fourth-order valence-corrected chi connectivity index (χ4v) is 2.64. The molecule has 1 N–H and O–H groups in total. The summed E-state index contributed by atoms with van der Waals surface area (Å²) in [7, 11) is 0. The topological polar surface area (TPSA) is 45.8 Å². The molecule has 16 heavy (non-hydrogen) atoms. The van der Waals surface area contributed by atoms with Gasteiger partial charge in [-0.05, 0) is 34.1 Å². The van der Waals surface area contributed by atoms with Crippen molar-refractivity contribution in [3.8, 4) is 0 Å². The van der Waals surface area contributed by atoms with Crippen molar-refractivity contribution in [3.05, 3.63) is 50.4 Å². The molecule has 6 heteroatoms. The lowest BCUT2D eigenvalue weighted by molar-refractivity contribution is 0.990. The highest BCUT2D eigenvalue weighted by molar-refractivity contribution is 9.10. The van der Waals surface area contributed by atoms with Crippen molar-refractivity contribution in [2.24, 2.45) is 0 Å². The van der Waals surface area contributed by atoms with Gasteiger partial charge in [-0.2, -0.15) is 0 Å². The fraction of sp³-hybridized carbons (Fsp3) is 0. The first kappa shape index (κ1) is 11.7. The molecule has 1 heterocycles. The van der Waals surface area contributed by atoms with E-state index in [2.05, 4.69) is 25.9 Å². The van der Waals surface area contributed by atoms with Gasteiger partial charge in [0.15, 0.2) is 0 Å². The van der Waals surface area contributed by atoms with Crippen LogP contribution < -0.4 is 5.56 Å². The zero-order valence-electron chi connectivity index (χ0n) is 7.91. The lowest BCUT2D eigenvalue weighted by Gasteiger charge is -2.02. The standard InChI is InChI=1S/C10H6BrClN2OS/c11-8-9(15)13-5-14-10(8)16-7-3-1-2-6(12)4-7/h1-5H,(H,13,14,15). The lowest BCUT2D eigenvalue weighted by Crippen LogP contribution is -2.07.